The standard InChI is InChI=1S/C10H10O3/c1-6(11)8-4-3-5-9(13)10(8)7(2)12/h3-5,13H,1-2H3. The van der Waals surface area contributed by atoms with Gasteiger partial charge in [-0.25, -0.2) is 0 Å². The molecule has 0 unspecified atom stereocenters. The topological polar surface area (TPSA) is 54.4 Å². The number of carbonyl (C=O) groups excluding carboxylic acids is 2. The van der Waals surface area contributed by atoms with E-state index in [0.29, 0.717) is 0 Å². The third-order valence-electron chi connectivity index (χ3n) is 1.77. The monoisotopic (exact) mass is 178 g/mol. The van der Waals surface area contributed by atoms with Gasteiger partial charge < -0.3 is 5.11 Å². The molecule has 3 nitrogen and oxygen atoms in total. The summed E-state index contributed by atoms with van der Waals surface area (Å²) < 4.78 is 0. The van der Waals surface area contributed by atoms with Crippen molar-refractivity contribution in [2.24, 2.45) is 0 Å². The van der Waals surface area contributed by atoms with E-state index < -0.39 is 0 Å². The molecule has 0 radical (unpaired) electrons. The van der Waals surface area contributed by atoms with E-state index in [2.05, 4.69) is 0 Å². The molecule has 0 aliphatic heterocycles. The summed E-state index contributed by atoms with van der Waals surface area (Å²) in [5.41, 5.74) is 0.377. The fourth-order valence-corrected chi connectivity index (χ4v) is 1.20. The lowest BCUT2D eigenvalue weighted by Gasteiger charge is -2.04. The van der Waals surface area contributed by atoms with Crippen LogP contribution in [0.4, 0.5) is 0 Å². The maximum Gasteiger partial charge on any atom is 0.164 e. The summed E-state index contributed by atoms with van der Waals surface area (Å²) in [4.78, 5) is 22.1. The second-order valence-electron chi connectivity index (χ2n) is 2.81. The smallest absolute Gasteiger partial charge is 0.164 e. The van der Waals surface area contributed by atoms with Gasteiger partial charge in [-0.1, -0.05) is 12.1 Å². The van der Waals surface area contributed by atoms with Crippen molar-refractivity contribution in [2.45, 2.75) is 13.8 Å². The summed E-state index contributed by atoms with van der Waals surface area (Å²) in [5.74, 6) is -0.662. The molecule has 1 aromatic carbocycles. The van der Waals surface area contributed by atoms with E-state index in [1.54, 1.807) is 6.07 Å². The van der Waals surface area contributed by atoms with Crippen molar-refractivity contribution < 1.29 is 14.7 Å². The molecule has 0 atom stereocenters. The van der Waals surface area contributed by atoms with Gasteiger partial charge in [0.2, 0.25) is 0 Å². The van der Waals surface area contributed by atoms with Gasteiger partial charge in [0, 0.05) is 5.56 Å². The summed E-state index contributed by atoms with van der Waals surface area (Å²) in [6.45, 7) is 2.68. The van der Waals surface area contributed by atoms with Crippen molar-refractivity contribution in [1.82, 2.24) is 0 Å². The lowest BCUT2D eigenvalue weighted by Crippen LogP contribution is -2.03. The highest BCUT2D eigenvalue weighted by molar-refractivity contribution is 6.08. The van der Waals surface area contributed by atoms with Gasteiger partial charge in [-0.15, -0.1) is 0 Å². The zero-order chi connectivity index (χ0) is 10.0. The van der Waals surface area contributed by atoms with E-state index in [-0.39, 0.29) is 28.4 Å². The lowest BCUT2D eigenvalue weighted by molar-refractivity contribution is 0.0978. The van der Waals surface area contributed by atoms with Crippen molar-refractivity contribution in [1.29, 1.82) is 0 Å². The molecule has 0 aromatic heterocycles. The molecule has 1 rings (SSSR count). The highest BCUT2D eigenvalue weighted by atomic mass is 16.3. The number of ketones is 2. The van der Waals surface area contributed by atoms with Crippen LogP contribution < -0.4 is 0 Å². The van der Waals surface area contributed by atoms with Gasteiger partial charge in [0.25, 0.3) is 0 Å². The first-order valence-electron chi connectivity index (χ1n) is 3.88. The van der Waals surface area contributed by atoms with Gasteiger partial charge in [-0.3, -0.25) is 9.59 Å². The minimum atomic E-state index is -0.302. The zero-order valence-corrected chi connectivity index (χ0v) is 7.50. The third-order valence-corrected chi connectivity index (χ3v) is 1.77. The van der Waals surface area contributed by atoms with Gasteiger partial charge >= 0.3 is 0 Å². The number of phenolic OH excluding ortho intramolecular Hbond substituents is 1. The number of benzene rings is 1. The summed E-state index contributed by atoms with van der Waals surface area (Å²) in [5, 5.41) is 9.34. The predicted molar refractivity (Wildman–Crippen MR) is 48.1 cm³/mol. The van der Waals surface area contributed by atoms with Crippen molar-refractivity contribution in [3.05, 3.63) is 29.3 Å². The molecule has 68 valence electrons. The Labute approximate surface area is 76.0 Å². The average molecular weight is 178 g/mol. The minimum Gasteiger partial charge on any atom is -0.507 e. The van der Waals surface area contributed by atoms with Crippen LogP contribution in [0.25, 0.3) is 0 Å². The normalized spacial score (nSPS) is 9.69. The van der Waals surface area contributed by atoms with Crippen LogP contribution in [0, 0.1) is 0 Å². The Balaban J connectivity index is 3.43. The van der Waals surface area contributed by atoms with Gasteiger partial charge in [0.05, 0.1) is 5.56 Å². The van der Waals surface area contributed by atoms with E-state index in [1.807, 2.05) is 0 Å². The van der Waals surface area contributed by atoms with Gasteiger partial charge in [0.1, 0.15) is 5.75 Å². The second kappa shape index (κ2) is 3.39. The molecule has 0 fully saturated rings. The van der Waals surface area contributed by atoms with E-state index in [0.717, 1.165) is 0 Å². The molecule has 0 aliphatic rings. The number of hydrogen-bond donors (Lipinski definition) is 1. The fraction of sp³-hybridized carbons (Fsp3) is 0.200. The number of rotatable bonds is 2. The predicted octanol–water partition coefficient (Wildman–Crippen LogP) is 1.80. The molecule has 3 heteroatoms. The molecule has 13 heavy (non-hydrogen) atoms. The SMILES string of the molecule is CC(=O)c1cccc(O)c1C(C)=O. The van der Waals surface area contributed by atoms with E-state index in [9.17, 15) is 14.7 Å². The first-order chi connectivity index (χ1) is 6.04. The van der Waals surface area contributed by atoms with Crippen LogP contribution in [0.3, 0.4) is 0 Å². The highest BCUT2D eigenvalue weighted by Gasteiger charge is 2.14. The maximum atomic E-state index is 11.1. The molecule has 1 aromatic rings. The molecule has 0 saturated carbocycles. The molecule has 0 amide bonds. The van der Waals surface area contributed by atoms with Crippen LogP contribution in [0.2, 0.25) is 0 Å². The molecule has 0 bridgehead atoms. The Morgan fingerprint density at radius 2 is 1.77 bits per heavy atom. The summed E-state index contributed by atoms with van der Waals surface area (Å²) in [6.07, 6.45) is 0. The number of aromatic hydroxyl groups is 1. The Kier molecular flexibility index (Phi) is 2.46. The Morgan fingerprint density at radius 1 is 1.15 bits per heavy atom. The molecular weight excluding hydrogens is 168 g/mol. The summed E-state index contributed by atoms with van der Waals surface area (Å²) >= 11 is 0. The number of carbonyl (C=O) groups is 2. The molecular formula is C10H10O3. The minimum absolute atomic E-state index is 0.106. The van der Waals surface area contributed by atoms with Gasteiger partial charge in [-0.2, -0.15) is 0 Å². The maximum absolute atomic E-state index is 11.1. The number of hydrogen-bond acceptors (Lipinski definition) is 3. The van der Waals surface area contributed by atoms with Crippen molar-refractivity contribution in [3.63, 3.8) is 0 Å². The largest absolute Gasteiger partial charge is 0.507 e. The average Bonchev–Trinajstić information content (AvgIpc) is 2.02. The highest BCUT2D eigenvalue weighted by Crippen LogP contribution is 2.21. The summed E-state index contributed by atoms with van der Waals surface area (Å²) in [6, 6.07) is 4.46. The molecule has 0 heterocycles. The zero-order valence-electron chi connectivity index (χ0n) is 7.50. The van der Waals surface area contributed by atoms with Crippen molar-refractivity contribution in [2.75, 3.05) is 0 Å². The van der Waals surface area contributed by atoms with E-state index in [1.165, 1.54) is 26.0 Å². The van der Waals surface area contributed by atoms with E-state index in [4.69, 9.17) is 0 Å². The molecule has 1 N–H and O–H groups in total. The van der Waals surface area contributed by atoms with Crippen LogP contribution in [0.15, 0.2) is 18.2 Å². The molecule has 0 aliphatic carbocycles. The second-order valence-corrected chi connectivity index (χ2v) is 2.81. The van der Waals surface area contributed by atoms with E-state index >= 15 is 0 Å². The molecule has 0 spiro atoms. The quantitative estimate of drug-likeness (QED) is 0.702. The van der Waals surface area contributed by atoms with Gasteiger partial charge in [-0.05, 0) is 19.9 Å². The number of phenols is 1. The van der Waals surface area contributed by atoms with Crippen LogP contribution in [-0.4, -0.2) is 16.7 Å². The first-order valence-corrected chi connectivity index (χ1v) is 3.88. The Hall–Kier alpha value is -1.64. The number of Topliss-reactive ketones (excluding diaryl/α,β-unsaturated/α-hetero) is 2. The Morgan fingerprint density at radius 3 is 2.15 bits per heavy atom. The molecule has 0 saturated heterocycles. The first kappa shape index (κ1) is 9.45. The van der Waals surface area contributed by atoms with Crippen LogP contribution >= 0.6 is 0 Å². The summed E-state index contributed by atoms with van der Waals surface area (Å²) in [7, 11) is 0. The lowest BCUT2D eigenvalue weighted by atomic mass is 10.0. The van der Waals surface area contributed by atoms with Crippen molar-refractivity contribution in [3.8, 4) is 5.75 Å². The fourth-order valence-electron chi connectivity index (χ4n) is 1.20. The van der Waals surface area contributed by atoms with Crippen LogP contribution in [0.5, 0.6) is 5.75 Å². The van der Waals surface area contributed by atoms with Crippen LogP contribution in [0.1, 0.15) is 34.6 Å². The third kappa shape index (κ3) is 1.75. The Bertz CT molecular complexity index is 366. The van der Waals surface area contributed by atoms with Crippen molar-refractivity contribution >= 4 is 11.6 Å². The van der Waals surface area contributed by atoms with Gasteiger partial charge in [0.15, 0.2) is 11.6 Å². The van der Waals surface area contributed by atoms with Crippen LogP contribution in [-0.2, 0) is 0 Å².